The number of aromatic nitrogens is 3. The van der Waals surface area contributed by atoms with Gasteiger partial charge in [0.05, 0.1) is 11.3 Å². The Balaban J connectivity index is 1.76. The normalized spacial score (nSPS) is 10.9. The van der Waals surface area contributed by atoms with Crippen molar-refractivity contribution in [2.75, 3.05) is 7.05 Å². The van der Waals surface area contributed by atoms with Crippen molar-refractivity contribution in [2.24, 2.45) is 7.05 Å². The molecular weight excluding hydrogens is 356 g/mol. The molecule has 0 fully saturated rings. The van der Waals surface area contributed by atoms with Gasteiger partial charge < -0.3 is 14.2 Å². The molecular formula is C21H26N4O3. The topological polar surface area (TPSA) is 73.4 Å². The average molecular weight is 382 g/mol. The Morgan fingerprint density at radius 1 is 1.25 bits per heavy atom. The van der Waals surface area contributed by atoms with Crippen LogP contribution in [-0.4, -0.2) is 32.8 Å². The van der Waals surface area contributed by atoms with Crippen LogP contribution in [0.1, 0.15) is 44.2 Å². The number of benzene rings is 1. The number of hydrogen-bond donors (Lipinski definition) is 0. The first-order valence-corrected chi connectivity index (χ1v) is 9.16. The van der Waals surface area contributed by atoms with Crippen molar-refractivity contribution >= 4 is 5.91 Å². The van der Waals surface area contributed by atoms with Gasteiger partial charge in [-0.2, -0.15) is 5.10 Å². The number of amides is 1. The molecule has 3 aromatic rings. The van der Waals surface area contributed by atoms with Crippen molar-refractivity contribution in [1.29, 1.82) is 0 Å². The highest BCUT2D eigenvalue weighted by molar-refractivity contribution is 5.93. The molecule has 2 heterocycles. The van der Waals surface area contributed by atoms with Crippen LogP contribution in [0.25, 0.3) is 0 Å². The van der Waals surface area contributed by atoms with Gasteiger partial charge in [0.2, 0.25) is 0 Å². The van der Waals surface area contributed by atoms with E-state index in [2.05, 4.69) is 10.3 Å². The molecule has 0 unspecified atom stereocenters. The van der Waals surface area contributed by atoms with Gasteiger partial charge in [-0.1, -0.05) is 17.3 Å². The lowest BCUT2D eigenvalue weighted by Gasteiger charge is -2.16. The lowest BCUT2D eigenvalue weighted by Crippen LogP contribution is -2.27. The maximum atomic E-state index is 13.0. The van der Waals surface area contributed by atoms with Crippen molar-refractivity contribution in [2.45, 2.75) is 40.8 Å². The molecule has 0 atom stereocenters. The Labute approximate surface area is 164 Å². The number of carbonyl (C=O) groups is 1. The van der Waals surface area contributed by atoms with Crippen molar-refractivity contribution < 1.29 is 14.1 Å². The highest BCUT2D eigenvalue weighted by atomic mass is 16.5. The molecule has 0 aliphatic carbocycles. The minimum atomic E-state index is -0.209. The fraction of sp³-hybridized carbons (Fsp3) is 0.381. The fourth-order valence-electron chi connectivity index (χ4n) is 3.05. The zero-order valence-corrected chi connectivity index (χ0v) is 17.2. The number of rotatable bonds is 6. The van der Waals surface area contributed by atoms with Gasteiger partial charge in [-0.3, -0.25) is 9.48 Å². The second-order valence-electron chi connectivity index (χ2n) is 7.20. The molecule has 0 N–H and O–H groups in total. The van der Waals surface area contributed by atoms with Gasteiger partial charge in [0.25, 0.3) is 5.91 Å². The van der Waals surface area contributed by atoms with E-state index in [1.807, 2.05) is 52.2 Å². The van der Waals surface area contributed by atoms with Crippen LogP contribution < -0.4 is 4.74 Å². The van der Waals surface area contributed by atoms with E-state index < -0.39 is 0 Å². The van der Waals surface area contributed by atoms with E-state index in [1.54, 1.807) is 23.6 Å². The summed E-state index contributed by atoms with van der Waals surface area (Å²) >= 11 is 0. The predicted octanol–water partition coefficient (Wildman–Crippen LogP) is 3.49. The highest BCUT2D eigenvalue weighted by Gasteiger charge is 2.24. The van der Waals surface area contributed by atoms with Crippen LogP contribution in [-0.2, 0) is 20.2 Å². The van der Waals surface area contributed by atoms with Crippen LogP contribution in [0.2, 0.25) is 0 Å². The summed E-state index contributed by atoms with van der Waals surface area (Å²) < 4.78 is 13.0. The summed E-state index contributed by atoms with van der Waals surface area (Å²) in [7, 11) is 3.61. The van der Waals surface area contributed by atoms with Gasteiger partial charge in [0, 0.05) is 32.4 Å². The summed E-state index contributed by atoms with van der Waals surface area (Å²) in [5.74, 6) is 1.16. The molecule has 1 aromatic carbocycles. The second kappa shape index (κ2) is 7.88. The molecule has 0 bridgehead atoms. The Kier molecular flexibility index (Phi) is 5.53. The molecule has 7 heteroatoms. The van der Waals surface area contributed by atoms with Gasteiger partial charge in [0.1, 0.15) is 18.1 Å². The predicted molar refractivity (Wildman–Crippen MR) is 105 cm³/mol. The summed E-state index contributed by atoms with van der Waals surface area (Å²) in [5, 5.41) is 8.31. The molecule has 148 valence electrons. The molecule has 0 spiro atoms. The lowest BCUT2D eigenvalue weighted by atomic mass is 10.1. The first-order chi connectivity index (χ1) is 13.3. The van der Waals surface area contributed by atoms with E-state index in [-0.39, 0.29) is 18.2 Å². The summed E-state index contributed by atoms with van der Waals surface area (Å²) in [4.78, 5) is 14.6. The highest BCUT2D eigenvalue weighted by Crippen LogP contribution is 2.23. The van der Waals surface area contributed by atoms with Gasteiger partial charge in [-0.05, 0) is 44.9 Å². The standard InChI is InChI=1S/C21H26N4O3/c1-13-7-8-14(2)19(9-13)27-12-18-16(4)28-23-20(18)21(26)24(5)10-17-11-25(6)22-15(17)3/h7-9,11H,10,12H2,1-6H3. The van der Waals surface area contributed by atoms with Gasteiger partial charge in [-0.25, -0.2) is 0 Å². The molecule has 28 heavy (non-hydrogen) atoms. The monoisotopic (exact) mass is 382 g/mol. The molecule has 0 radical (unpaired) electrons. The Morgan fingerprint density at radius 2 is 2.00 bits per heavy atom. The zero-order chi connectivity index (χ0) is 20.4. The van der Waals surface area contributed by atoms with Crippen molar-refractivity contribution in [1.82, 2.24) is 19.8 Å². The van der Waals surface area contributed by atoms with Gasteiger partial charge >= 0.3 is 0 Å². The number of aryl methyl sites for hydroxylation is 5. The van der Waals surface area contributed by atoms with E-state index in [9.17, 15) is 4.79 Å². The van der Waals surface area contributed by atoms with Crippen molar-refractivity contribution in [3.8, 4) is 5.75 Å². The van der Waals surface area contributed by atoms with Crippen LogP contribution in [0.3, 0.4) is 0 Å². The quantitative estimate of drug-likeness (QED) is 0.652. The second-order valence-corrected chi connectivity index (χ2v) is 7.20. The molecule has 2 aromatic heterocycles. The maximum absolute atomic E-state index is 13.0. The number of carbonyl (C=O) groups excluding carboxylic acids is 1. The molecule has 1 amide bonds. The van der Waals surface area contributed by atoms with Gasteiger partial charge in [0.15, 0.2) is 5.69 Å². The summed E-state index contributed by atoms with van der Waals surface area (Å²) in [5.41, 5.74) is 5.00. The SMILES string of the molecule is Cc1ccc(C)c(OCc2c(C(=O)N(C)Cc3cn(C)nc3C)noc2C)c1. The lowest BCUT2D eigenvalue weighted by molar-refractivity contribution is 0.0772. The average Bonchev–Trinajstić information content (AvgIpc) is 3.16. The van der Waals surface area contributed by atoms with Crippen molar-refractivity contribution in [3.05, 3.63) is 63.8 Å². The van der Waals surface area contributed by atoms with Crippen LogP contribution in [0, 0.1) is 27.7 Å². The third-order valence-corrected chi connectivity index (χ3v) is 4.77. The Bertz CT molecular complexity index is 1000. The first kappa shape index (κ1) is 19.7. The minimum absolute atomic E-state index is 0.209. The van der Waals surface area contributed by atoms with Crippen LogP contribution >= 0.6 is 0 Å². The zero-order valence-electron chi connectivity index (χ0n) is 17.2. The van der Waals surface area contributed by atoms with Crippen LogP contribution in [0.4, 0.5) is 0 Å². The largest absolute Gasteiger partial charge is 0.488 e. The molecule has 3 rings (SSSR count). The van der Waals surface area contributed by atoms with E-state index in [1.165, 1.54) is 0 Å². The summed E-state index contributed by atoms with van der Waals surface area (Å²) in [6.07, 6.45) is 1.91. The van der Waals surface area contributed by atoms with Crippen LogP contribution in [0.5, 0.6) is 5.75 Å². The van der Waals surface area contributed by atoms with E-state index in [4.69, 9.17) is 9.26 Å². The third-order valence-electron chi connectivity index (χ3n) is 4.77. The smallest absolute Gasteiger partial charge is 0.276 e. The third kappa shape index (κ3) is 4.08. The summed E-state index contributed by atoms with van der Waals surface area (Å²) in [6.45, 7) is 8.39. The Hall–Kier alpha value is -3.09. The van der Waals surface area contributed by atoms with Gasteiger partial charge in [-0.15, -0.1) is 0 Å². The minimum Gasteiger partial charge on any atom is -0.488 e. The van der Waals surface area contributed by atoms with E-state index in [0.29, 0.717) is 17.9 Å². The molecule has 0 saturated carbocycles. The number of ether oxygens (including phenoxy) is 1. The summed E-state index contributed by atoms with van der Waals surface area (Å²) in [6, 6.07) is 6.04. The van der Waals surface area contributed by atoms with Crippen molar-refractivity contribution in [3.63, 3.8) is 0 Å². The number of hydrogen-bond acceptors (Lipinski definition) is 5. The molecule has 0 aliphatic heterocycles. The van der Waals surface area contributed by atoms with Crippen LogP contribution in [0.15, 0.2) is 28.9 Å². The molecule has 7 nitrogen and oxygen atoms in total. The van der Waals surface area contributed by atoms with E-state index >= 15 is 0 Å². The number of nitrogens with zero attached hydrogens (tertiary/aromatic N) is 4. The first-order valence-electron chi connectivity index (χ1n) is 9.16. The van der Waals surface area contributed by atoms with E-state index in [0.717, 1.165) is 28.1 Å². The molecule has 0 saturated heterocycles. The Morgan fingerprint density at radius 3 is 2.68 bits per heavy atom. The molecule has 0 aliphatic rings. The fourth-order valence-corrected chi connectivity index (χ4v) is 3.05. The maximum Gasteiger partial charge on any atom is 0.276 e.